The van der Waals surface area contributed by atoms with E-state index in [-0.39, 0.29) is 12.3 Å². The maximum Gasteiger partial charge on any atom is 0.164 e. The van der Waals surface area contributed by atoms with E-state index in [4.69, 9.17) is 0 Å². The molecule has 0 radical (unpaired) electrons. The SMILES string of the molecule is CCC(C)CC(S(C)(=O)=O)S(C)(=O)=O. The van der Waals surface area contributed by atoms with Crippen molar-refractivity contribution in [1.82, 2.24) is 0 Å². The summed E-state index contributed by atoms with van der Waals surface area (Å²) in [6, 6.07) is 0. The molecule has 0 N–H and O–H groups in total. The summed E-state index contributed by atoms with van der Waals surface area (Å²) < 4.78 is 43.8. The molecule has 0 saturated carbocycles. The van der Waals surface area contributed by atoms with Crippen molar-refractivity contribution >= 4 is 19.7 Å². The van der Waals surface area contributed by atoms with Crippen molar-refractivity contribution in [1.29, 1.82) is 0 Å². The average molecular weight is 242 g/mol. The van der Waals surface area contributed by atoms with Crippen LogP contribution < -0.4 is 0 Å². The summed E-state index contributed by atoms with van der Waals surface area (Å²) in [6.07, 6.45) is 2.91. The molecule has 4 nitrogen and oxygen atoms in total. The molecule has 0 aromatic rings. The Kier molecular flexibility index (Phi) is 4.58. The Morgan fingerprint density at radius 3 is 1.57 bits per heavy atom. The second-order valence-electron chi connectivity index (χ2n) is 3.84. The lowest BCUT2D eigenvalue weighted by atomic mass is 10.1. The largest absolute Gasteiger partial charge is 0.228 e. The molecule has 0 spiro atoms. The Bertz CT molecular complexity index is 334. The van der Waals surface area contributed by atoms with E-state index < -0.39 is 24.3 Å². The van der Waals surface area contributed by atoms with Crippen molar-refractivity contribution in [3.8, 4) is 0 Å². The lowest BCUT2D eigenvalue weighted by Gasteiger charge is -2.16. The third kappa shape index (κ3) is 4.41. The van der Waals surface area contributed by atoms with Gasteiger partial charge >= 0.3 is 0 Å². The maximum atomic E-state index is 11.3. The van der Waals surface area contributed by atoms with E-state index in [2.05, 4.69) is 0 Å². The molecular weight excluding hydrogens is 224 g/mol. The number of sulfone groups is 2. The minimum absolute atomic E-state index is 0.101. The predicted molar refractivity (Wildman–Crippen MR) is 57.5 cm³/mol. The van der Waals surface area contributed by atoms with Crippen molar-refractivity contribution in [2.24, 2.45) is 5.92 Å². The van der Waals surface area contributed by atoms with Crippen LogP contribution in [0.4, 0.5) is 0 Å². The third-order valence-corrected chi connectivity index (χ3v) is 6.64. The quantitative estimate of drug-likeness (QED) is 0.716. The van der Waals surface area contributed by atoms with Gasteiger partial charge in [-0.3, -0.25) is 0 Å². The van der Waals surface area contributed by atoms with Crippen LogP contribution in [0, 0.1) is 5.92 Å². The molecule has 1 unspecified atom stereocenters. The molecule has 14 heavy (non-hydrogen) atoms. The zero-order valence-corrected chi connectivity index (χ0v) is 10.7. The summed E-state index contributed by atoms with van der Waals surface area (Å²) in [7, 11) is -7.03. The molecule has 0 heterocycles. The summed E-state index contributed by atoms with van der Waals surface area (Å²) in [5.41, 5.74) is 0. The molecule has 0 saturated heterocycles. The van der Waals surface area contributed by atoms with Gasteiger partial charge in [0, 0.05) is 12.5 Å². The van der Waals surface area contributed by atoms with E-state index in [1.807, 2.05) is 13.8 Å². The zero-order chi connectivity index (χ0) is 11.6. The number of hydrogen-bond acceptors (Lipinski definition) is 4. The van der Waals surface area contributed by atoms with Crippen LogP contribution in [-0.2, 0) is 19.7 Å². The van der Waals surface area contributed by atoms with Gasteiger partial charge in [0.25, 0.3) is 0 Å². The summed E-state index contributed by atoms with van der Waals surface area (Å²) in [5, 5.41) is 0. The minimum atomic E-state index is -3.52. The topological polar surface area (TPSA) is 68.3 Å². The first-order valence-electron chi connectivity index (χ1n) is 4.46. The highest BCUT2D eigenvalue weighted by Gasteiger charge is 2.31. The lowest BCUT2D eigenvalue weighted by Crippen LogP contribution is -2.30. The van der Waals surface area contributed by atoms with Crippen LogP contribution in [0.25, 0.3) is 0 Å². The molecular formula is C8H18O4S2. The average Bonchev–Trinajstić information content (AvgIpc) is 1.95. The van der Waals surface area contributed by atoms with E-state index >= 15 is 0 Å². The molecule has 86 valence electrons. The van der Waals surface area contributed by atoms with Gasteiger partial charge in [0.05, 0.1) is 0 Å². The van der Waals surface area contributed by atoms with Crippen LogP contribution in [0.15, 0.2) is 0 Å². The van der Waals surface area contributed by atoms with E-state index in [1.165, 1.54) is 0 Å². The number of rotatable bonds is 5. The molecule has 6 heteroatoms. The van der Waals surface area contributed by atoms with Gasteiger partial charge in [0.1, 0.15) is 0 Å². The fourth-order valence-electron chi connectivity index (χ4n) is 1.16. The van der Waals surface area contributed by atoms with Gasteiger partial charge in [0.2, 0.25) is 0 Å². The molecule has 0 aromatic carbocycles. The van der Waals surface area contributed by atoms with Crippen LogP contribution in [0.2, 0.25) is 0 Å². The second kappa shape index (κ2) is 4.61. The van der Waals surface area contributed by atoms with Crippen LogP contribution >= 0.6 is 0 Å². The van der Waals surface area contributed by atoms with Crippen LogP contribution in [0.5, 0.6) is 0 Å². The molecule has 0 rings (SSSR count). The molecule has 0 aromatic heterocycles. The number of hydrogen-bond donors (Lipinski definition) is 0. The standard InChI is InChI=1S/C8H18O4S2/c1-5-7(2)6-8(13(3,9)10)14(4,11)12/h7-8H,5-6H2,1-4H3. The molecule has 0 amide bonds. The fourth-order valence-corrected chi connectivity index (χ4v) is 5.06. The third-order valence-electron chi connectivity index (χ3n) is 2.25. The Morgan fingerprint density at radius 2 is 1.36 bits per heavy atom. The van der Waals surface area contributed by atoms with Gasteiger partial charge in [-0.15, -0.1) is 0 Å². The highest BCUT2D eigenvalue weighted by molar-refractivity contribution is 8.08. The first-order valence-corrected chi connectivity index (χ1v) is 8.37. The van der Waals surface area contributed by atoms with Gasteiger partial charge in [0.15, 0.2) is 24.3 Å². The van der Waals surface area contributed by atoms with Crippen LogP contribution in [0.3, 0.4) is 0 Å². The first kappa shape index (κ1) is 13.9. The summed E-state index contributed by atoms with van der Waals surface area (Å²) in [4.78, 5) is 0. The molecule has 1 atom stereocenters. The monoisotopic (exact) mass is 242 g/mol. The van der Waals surface area contributed by atoms with Gasteiger partial charge in [-0.05, 0) is 12.3 Å². The highest BCUT2D eigenvalue weighted by atomic mass is 32.3. The Labute approximate surface area is 86.5 Å². The summed E-state index contributed by atoms with van der Waals surface area (Å²) in [5.74, 6) is 0.101. The Morgan fingerprint density at radius 1 is 1.00 bits per heavy atom. The van der Waals surface area contributed by atoms with Crippen molar-refractivity contribution in [3.63, 3.8) is 0 Å². The van der Waals surface area contributed by atoms with E-state index in [1.54, 1.807) is 0 Å². The lowest BCUT2D eigenvalue weighted by molar-refractivity contribution is 0.509. The Balaban J connectivity index is 4.98. The van der Waals surface area contributed by atoms with E-state index in [0.717, 1.165) is 18.9 Å². The molecule has 0 aliphatic rings. The molecule has 0 fully saturated rings. The Hall–Kier alpha value is -0.100. The summed E-state index contributed by atoms with van der Waals surface area (Å²) >= 11 is 0. The van der Waals surface area contributed by atoms with Gasteiger partial charge < -0.3 is 0 Å². The normalized spacial score (nSPS) is 15.8. The predicted octanol–water partition coefficient (Wildman–Crippen LogP) is 0.838. The van der Waals surface area contributed by atoms with E-state index in [0.29, 0.717) is 0 Å². The minimum Gasteiger partial charge on any atom is -0.228 e. The van der Waals surface area contributed by atoms with Crippen molar-refractivity contribution in [2.45, 2.75) is 31.3 Å². The summed E-state index contributed by atoms with van der Waals surface area (Å²) in [6.45, 7) is 3.76. The molecule has 0 bridgehead atoms. The molecule has 0 aliphatic heterocycles. The first-order chi connectivity index (χ1) is 6.09. The molecule has 0 aliphatic carbocycles. The van der Waals surface area contributed by atoms with Crippen molar-refractivity contribution in [2.75, 3.05) is 12.5 Å². The van der Waals surface area contributed by atoms with Crippen molar-refractivity contribution in [3.05, 3.63) is 0 Å². The van der Waals surface area contributed by atoms with Gasteiger partial charge in [-0.1, -0.05) is 20.3 Å². The van der Waals surface area contributed by atoms with Gasteiger partial charge in [-0.25, -0.2) is 16.8 Å². The fraction of sp³-hybridized carbons (Fsp3) is 1.00. The van der Waals surface area contributed by atoms with Crippen molar-refractivity contribution < 1.29 is 16.8 Å². The van der Waals surface area contributed by atoms with E-state index in [9.17, 15) is 16.8 Å². The maximum absolute atomic E-state index is 11.3. The van der Waals surface area contributed by atoms with Gasteiger partial charge in [-0.2, -0.15) is 0 Å². The second-order valence-corrected chi connectivity index (χ2v) is 8.59. The van der Waals surface area contributed by atoms with Crippen LogP contribution in [-0.4, -0.2) is 33.9 Å². The van der Waals surface area contributed by atoms with Crippen LogP contribution in [0.1, 0.15) is 26.7 Å². The zero-order valence-electron chi connectivity index (χ0n) is 9.02. The smallest absolute Gasteiger partial charge is 0.164 e. The highest BCUT2D eigenvalue weighted by Crippen LogP contribution is 2.19.